The second-order valence-corrected chi connectivity index (χ2v) is 9.71. The molecule has 0 spiro atoms. The fourth-order valence-electron chi connectivity index (χ4n) is 4.60. The van der Waals surface area contributed by atoms with Crippen molar-refractivity contribution in [3.8, 4) is 0 Å². The summed E-state index contributed by atoms with van der Waals surface area (Å²) in [7, 11) is 0. The number of ketones is 1. The first-order valence-corrected chi connectivity index (χ1v) is 13.7. The van der Waals surface area contributed by atoms with E-state index in [1.165, 1.54) is 141 Å². The molecule has 0 N–H and O–H groups in total. The summed E-state index contributed by atoms with van der Waals surface area (Å²) in [4.78, 5) is 11.6. The minimum atomic E-state index is 0.397. The summed E-state index contributed by atoms with van der Waals surface area (Å²) in [6.07, 6.45) is 31.5. The van der Waals surface area contributed by atoms with E-state index in [1.54, 1.807) is 6.92 Å². The van der Waals surface area contributed by atoms with E-state index in [0.29, 0.717) is 11.7 Å². The van der Waals surface area contributed by atoms with Crippen LogP contribution in [0.2, 0.25) is 0 Å². The first-order valence-electron chi connectivity index (χ1n) is 13.7. The lowest BCUT2D eigenvalue weighted by molar-refractivity contribution is -0.118. The van der Waals surface area contributed by atoms with E-state index in [0.717, 1.165) is 6.42 Å². The molecular weight excluding hydrogens is 352 g/mol. The fourth-order valence-corrected chi connectivity index (χ4v) is 4.60. The lowest BCUT2D eigenvalue weighted by atomic mass is 9.90. The van der Waals surface area contributed by atoms with Crippen LogP contribution in [-0.2, 0) is 4.79 Å². The molecule has 0 fully saturated rings. The van der Waals surface area contributed by atoms with Gasteiger partial charge in [0.15, 0.2) is 0 Å². The Morgan fingerprint density at radius 3 is 1.03 bits per heavy atom. The van der Waals surface area contributed by atoms with E-state index in [1.807, 2.05) is 0 Å². The average Bonchev–Trinajstić information content (AvgIpc) is 2.70. The second-order valence-electron chi connectivity index (χ2n) is 9.71. The highest BCUT2D eigenvalue weighted by molar-refractivity contribution is 5.75. The predicted octanol–water partition coefficient (Wildman–Crippen LogP) is 10.2. The summed E-state index contributed by atoms with van der Waals surface area (Å²) < 4.78 is 0. The maximum atomic E-state index is 11.6. The van der Waals surface area contributed by atoms with E-state index in [-0.39, 0.29) is 0 Å². The number of carbonyl (C=O) groups excluding carboxylic acids is 1. The van der Waals surface area contributed by atoms with Gasteiger partial charge in [0.2, 0.25) is 0 Å². The highest BCUT2D eigenvalue weighted by atomic mass is 16.1. The summed E-state index contributed by atoms with van der Waals surface area (Å²) in [6, 6.07) is 0. The monoisotopic (exact) mass is 408 g/mol. The van der Waals surface area contributed by atoms with Crippen LogP contribution >= 0.6 is 0 Å². The number of rotatable bonds is 24. The van der Waals surface area contributed by atoms with Gasteiger partial charge in [0.05, 0.1) is 0 Å². The van der Waals surface area contributed by atoms with Crippen molar-refractivity contribution in [2.45, 2.75) is 168 Å². The van der Waals surface area contributed by atoms with Crippen LogP contribution in [0.4, 0.5) is 0 Å². The molecule has 1 heteroatoms. The van der Waals surface area contributed by atoms with Crippen LogP contribution in [0.3, 0.4) is 0 Å². The Labute approximate surface area is 185 Å². The SMILES string of the molecule is CCCCCCCCCCCCCC(CCCCCCCCCCC)CC(C)=O. The van der Waals surface area contributed by atoms with Crippen LogP contribution in [-0.4, -0.2) is 5.78 Å². The summed E-state index contributed by atoms with van der Waals surface area (Å²) in [5, 5.41) is 0. The smallest absolute Gasteiger partial charge is 0.130 e. The first kappa shape index (κ1) is 28.7. The molecule has 0 radical (unpaired) electrons. The summed E-state index contributed by atoms with van der Waals surface area (Å²) >= 11 is 0. The molecule has 1 unspecified atom stereocenters. The zero-order valence-corrected chi connectivity index (χ0v) is 20.7. The molecule has 0 rings (SSSR count). The molecule has 0 amide bonds. The maximum absolute atomic E-state index is 11.6. The van der Waals surface area contributed by atoms with E-state index in [2.05, 4.69) is 13.8 Å². The molecule has 174 valence electrons. The van der Waals surface area contributed by atoms with Crippen molar-refractivity contribution < 1.29 is 4.79 Å². The van der Waals surface area contributed by atoms with Crippen molar-refractivity contribution in [2.75, 3.05) is 0 Å². The van der Waals surface area contributed by atoms with Gasteiger partial charge in [-0.15, -0.1) is 0 Å². The van der Waals surface area contributed by atoms with Gasteiger partial charge in [-0.05, 0) is 12.8 Å². The van der Waals surface area contributed by atoms with E-state index >= 15 is 0 Å². The number of hydrogen-bond donors (Lipinski definition) is 0. The largest absolute Gasteiger partial charge is 0.300 e. The summed E-state index contributed by atoms with van der Waals surface area (Å²) in [5.74, 6) is 1.06. The quantitative estimate of drug-likeness (QED) is 0.145. The standard InChI is InChI=1S/C28H56O/c1-4-6-8-10-12-14-15-17-19-21-23-25-28(26-27(3)29)24-22-20-18-16-13-11-9-7-5-2/h28H,4-26H2,1-3H3. The Bertz CT molecular complexity index is 322. The minimum Gasteiger partial charge on any atom is -0.300 e. The van der Waals surface area contributed by atoms with Crippen LogP contribution in [0.5, 0.6) is 0 Å². The Hall–Kier alpha value is -0.330. The van der Waals surface area contributed by atoms with Gasteiger partial charge in [-0.25, -0.2) is 0 Å². The van der Waals surface area contributed by atoms with Crippen LogP contribution in [0.1, 0.15) is 168 Å². The van der Waals surface area contributed by atoms with Crippen molar-refractivity contribution in [2.24, 2.45) is 5.92 Å². The lowest BCUT2D eigenvalue weighted by Gasteiger charge is -2.15. The van der Waals surface area contributed by atoms with E-state index < -0.39 is 0 Å². The van der Waals surface area contributed by atoms with Gasteiger partial charge in [-0.1, -0.05) is 155 Å². The topological polar surface area (TPSA) is 17.1 Å². The molecule has 29 heavy (non-hydrogen) atoms. The number of hydrogen-bond acceptors (Lipinski definition) is 1. The molecular formula is C28H56O. The molecule has 0 aliphatic carbocycles. The highest BCUT2D eigenvalue weighted by Crippen LogP contribution is 2.22. The fraction of sp³-hybridized carbons (Fsp3) is 0.964. The third-order valence-corrected chi connectivity index (χ3v) is 6.51. The average molecular weight is 409 g/mol. The molecule has 0 aromatic rings. The predicted molar refractivity (Wildman–Crippen MR) is 132 cm³/mol. The van der Waals surface area contributed by atoms with Gasteiger partial charge < -0.3 is 4.79 Å². The Morgan fingerprint density at radius 1 is 0.483 bits per heavy atom. The van der Waals surface area contributed by atoms with Crippen LogP contribution in [0.25, 0.3) is 0 Å². The first-order chi connectivity index (χ1) is 14.2. The zero-order valence-electron chi connectivity index (χ0n) is 20.7. The molecule has 0 saturated heterocycles. The highest BCUT2D eigenvalue weighted by Gasteiger charge is 2.11. The normalized spacial score (nSPS) is 12.4. The van der Waals surface area contributed by atoms with Crippen molar-refractivity contribution in [3.05, 3.63) is 0 Å². The maximum Gasteiger partial charge on any atom is 0.130 e. The Balaban J connectivity index is 3.55. The molecule has 1 nitrogen and oxygen atoms in total. The second kappa shape index (κ2) is 23.9. The van der Waals surface area contributed by atoms with Crippen molar-refractivity contribution in [1.82, 2.24) is 0 Å². The van der Waals surface area contributed by atoms with Gasteiger partial charge in [0.25, 0.3) is 0 Å². The number of carbonyl (C=O) groups is 1. The van der Waals surface area contributed by atoms with Crippen molar-refractivity contribution in [3.63, 3.8) is 0 Å². The molecule has 0 bridgehead atoms. The van der Waals surface area contributed by atoms with Gasteiger partial charge in [-0.3, -0.25) is 0 Å². The van der Waals surface area contributed by atoms with Crippen molar-refractivity contribution in [1.29, 1.82) is 0 Å². The molecule has 0 heterocycles. The van der Waals surface area contributed by atoms with Crippen LogP contribution in [0.15, 0.2) is 0 Å². The van der Waals surface area contributed by atoms with Crippen molar-refractivity contribution >= 4 is 5.78 Å². The van der Waals surface area contributed by atoms with E-state index in [9.17, 15) is 4.79 Å². The lowest BCUT2D eigenvalue weighted by Crippen LogP contribution is -2.06. The molecule has 0 aliphatic rings. The minimum absolute atomic E-state index is 0.397. The number of Topliss-reactive ketones (excluding diaryl/α,β-unsaturated/α-hetero) is 1. The van der Waals surface area contributed by atoms with E-state index in [4.69, 9.17) is 0 Å². The van der Waals surface area contributed by atoms with Gasteiger partial charge in [0.1, 0.15) is 5.78 Å². The molecule has 0 aliphatic heterocycles. The summed E-state index contributed by atoms with van der Waals surface area (Å²) in [5.41, 5.74) is 0. The van der Waals surface area contributed by atoms with Crippen LogP contribution in [0, 0.1) is 5.92 Å². The summed E-state index contributed by atoms with van der Waals surface area (Å²) in [6.45, 7) is 6.36. The zero-order chi connectivity index (χ0) is 21.4. The Kier molecular flexibility index (Phi) is 23.7. The molecule has 0 aromatic heterocycles. The molecule has 0 aromatic carbocycles. The third kappa shape index (κ3) is 23.8. The van der Waals surface area contributed by atoms with Gasteiger partial charge in [-0.2, -0.15) is 0 Å². The molecule has 0 saturated carbocycles. The number of unbranched alkanes of at least 4 members (excludes halogenated alkanes) is 18. The third-order valence-electron chi connectivity index (χ3n) is 6.51. The van der Waals surface area contributed by atoms with Crippen LogP contribution < -0.4 is 0 Å². The molecule has 1 atom stereocenters. The van der Waals surface area contributed by atoms with Gasteiger partial charge in [0, 0.05) is 6.42 Å². The Morgan fingerprint density at radius 2 is 0.759 bits per heavy atom. The van der Waals surface area contributed by atoms with Gasteiger partial charge >= 0.3 is 0 Å².